The molecule has 0 saturated carbocycles. The number of nitrogens with zero attached hydrogens (tertiary/aromatic N) is 2. The quantitative estimate of drug-likeness (QED) is 0.717. The summed E-state index contributed by atoms with van der Waals surface area (Å²) in [5, 5.41) is 5.76. The summed E-state index contributed by atoms with van der Waals surface area (Å²) in [5.74, 6) is 0.0131. The number of hydrogen-bond donors (Lipinski definition) is 2. The van der Waals surface area contributed by atoms with Crippen molar-refractivity contribution in [2.45, 2.75) is 59.2 Å². The minimum Gasteiger partial charge on any atom is -0.491 e. The smallest absolute Gasteiger partial charge is 0.317 e. The summed E-state index contributed by atoms with van der Waals surface area (Å²) in [6.07, 6.45) is 0.0834. The van der Waals surface area contributed by atoms with Gasteiger partial charge in [-0.3, -0.25) is 9.59 Å². The van der Waals surface area contributed by atoms with Gasteiger partial charge in [0.05, 0.1) is 17.7 Å². The lowest BCUT2D eigenvalue weighted by Gasteiger charge is -2.36. The topological polar surface area (TPSA) is 100 Å². The third-order valence-corrected chi connectivity index (χ3v) is 5.72. The van der Waals surface area contributed by atoms with Crippen LogP contribution in [0.1, 0.15) is 51.4 Å². The Morgan fingerprint density at radius 1 is 1.24 bits per heavy atom. The van der Waals surface area contributed by atoms with Gasteiger partial charge >= 0.3 is 6.03 Å². The molecule has 0 spiro atoms. The molecule has 1 aliphatic rings. The van der Waals surface area contributed by atoms with Crippen molar-refractivity contribution < 1.29 is 23.9 Å². The molecule has 9 nitrogen and oxygen atoms in total. The number of fused-ring (bicyclic) bond motifs is 1. The van der Waals surface area contributed by atoms with Crippen LogP contribution in [0.15, 0.2) is 18.2 Å². The van der Waals surface area contributed by atoms with Crippen molar-refractivity contribution in [3.8, 4) is 5.75 Å². The number of carbonyl (C=O) groups excluding carboxylic acids is 3. The van der Waals surface area contributed by atoms with E-state index in [4.69, 9.17) is 9.47 Å². The van der Waals surface area contributed by atoms with Gasteiger partial charge in [0.2, 0.25) is 5.91 Å². The van der Waals surface area contributed by atoms with Gasteiger partial charge in [-0.05, 0) is 32.9 Å². The van der Waals surface area contributed by atoms with Gasteiger partial charge in [0.15, 0.2) is 0 Å². The zero-order valence-corrected chi connectivity index (χ0v) is 20.8. The molecule has 33 heavy (non-hydrogen) atoms. The van der Waals surface area contributed by atoms with Crippen molar-refractivity contribution in [3.63, 3.8) is 0 Å². The summed E-state index contributed by atoms with van der Waals surface area (Å²) in [6.45, 7) is 10.5. The highest BCUT2D eigenvalue weighted by Crippen LogP contribution is 2.27. The van der Waals surface area contributed by atoms with Gasteiger partial charge in [0.25, 0.3) is 5.91 Å². The summed E-state index contributed by atoms with van der Waals surface area (Å²) < 4.78 is 11.8. The van der Waals surface area contributed by atoms with E-state index in [1.54, 1.807) is 49.1 Å². The molecule has 1 aromatic carbocycles. The van der Waals surface area contributed by atoms with Crippen LogP contribution in [0.4, 0.5) is 10.5 Å². The van der Waals surface area contributed by atoms with Gasteiger partial charge in [0.1, 0.15) is 12.4 Å². The lowest BCUT2D eigenvalue weighted by Crippen LogP contribution is -2.52. The Morgan fingerprint density at radius 3 is 2.55 bits per heavy atom. The number of urea groups is 1. The summed E-state index contributed by atoms with van der Waals surface area (Å²) in [4.78, 5) is 41.4. The number of anilines is 1. The minimum absolute atomic E-state index is 0.00486. The van der Waals surface area contributed by atoms with Crippen molar-refractivity contribution in [2.75, 3.05) is 39.2 Å². The van der Waals surface area contributed by atoms with Gasteiger partial charge in [-0.15, -0.1) is 0 Å². The van der Waals surface area contributed by atoms with E-state index >= 15 is 0 Å². The fourth-order valence-electron chi connectivity index (χ4n) is 3.71. The van der Waals surface area contributed by atoms with Crippen molar-refractivity contribution in [1.82, 2.24) is 15.1 Å². The number of likely N-dealkylation sites (N-methyl/N-ethyl adjacent to an activating group) is 1. The second-order valence-electron chi connectivity index (χ2n) is 8.97. The van der Waals surface area contributed by atoms with Gasteiger partial charge in [-0.25, -0.2) is 4.79 Å². The van der Waals surface area contributed by atoms with Crippen LogP contribution in [0.25, 0.3) is 0 Å². The third kappa shape index (κ3) is 7.08. The molecule has 184 valence electrons. The Kier molecular flexibility index (Phi) is 9.52. The molecule has 1 aromatic rings. The largest absolute Gasteiger partial charge is 0.491 e. The Bertz CT molecular complexity index is 844. The minimum atomic E-state index is -0.266. The van der Waals surface area contributed by atoms with Crippen LogP contribution in [-0.4, -0.2) is 79.7 Å². The first-order valence-corrected chi connectivity index (χ1v) is 11.5. The lowest BCUT2D eigenvalue weighted by molar-refractivity contribution is -0.115. The monoisotopic (exact) mass is 462 g/mol. The van der Waals surface area contributed by atoms with Crippen LogP contribution in [0.5, 0.6) is 5.75 Å². The van der Waals surface area contributed by atoms with Crippen molar-refractivity contribution >= 4 is 23.5 Å². The van der Waals surface area contributed by atoms with Crippen molar-refractivity contribution in [1.29, 1.82) is 0 Å². The van der Waals surface area contributed by atoms with E-state index in [9.17, 15) is 14.4 Å². The van der Waals surface area contributed by atoms with Crippen LogP contribution in [0.2, 0.25) is 0 Å². The second-order valence-corrected chi connectivity index (χ2v) is 8.97. The van der Waals surface area contributed by atoms with E-state index in [1.807, 2.05) is 27.7 Å². The highest BCUT2D eigenvalue weighted by atomic mass is 16.5. The standard InChI is InChI=1S/C24H38N4O5/c1-8-22(29)26-18-9-10-19-20(11-18)33-14-17(5)28(24(31)25-15(2)3)12-16(4)21(32-7)13-27(6)23(19)30/h9-11,15-17,21H,8,12-14H2,1-7H3,(H,25,31)(H,26,29)/t16-,17-,21-/m0/s1. The molecule has 9 heteroatoms. The molecule has 1 aliphatic heterocycles. The van der Waals surface area contributed by atoms with E-state index in [1.165, 1.54) is 0 Å². The highest BCUT2D eigenvalue weighted by Gasteiger charge is 2.30. The molecule has 3 atom stereocenters. The van der Waals surface area contributed by atoms with Crippen LogP contribution in [0, 0.1) is 5.92 Å². The normalized spacial score (nSPS) is 22.1. The van der Waals surface area contributed by atoms with E-state index in [0.717, 1.165) is 0 Å². The zero-order valence-electron chi connectivity index (χ0n) is 20.8. The number of ether oxygens (including phenoxy) is 2. The fourth-order valence-corrected chi connectivity index (χ4v) is 3.71. The first-order chi connectivity index (χ1) is 15.6. The number of benzene rings is 1. The molecule has 0 aliphatic carbocycles. The number of hydrogen-bond acceptors (Lipinski definition) is 5. The molecule has 2 N–H and O–H groups in total. The number of carbonyl (C=O) groups is 3. The number of rotatable bonds is 4. The van der Waals surface area contributed by atoms with Crippen LogP contribution in [0.3, 0.4) is 0 Å². The van der Waals surface area contributed by atoms with E-state index in [-0.39, 0.29) is 48.6 Å². The Labute approximate surface area is 196 Å². The predicted molar refractivity (Wildman–Crippen MR) is 128 cm³/mol. The summed E-state index contributed by atoms with van der Waals surface area (Å²) in [6, 6.07) is 4.56. The molecule has 4 amide bonds. The van der Waals surface area contributed by atoms with E-state index in [2.05, 4.69) is 10.6 Å². The Balaban J connectivity index is 2.44. The lowest BCUT2D eigenvalue weighted by atomic mass is 10.0. The third-order valence-electron chi connectivity index (χ3n) is 5.72. The zero-order chi connectivity index (χ0) is 24.7. The van der Waals surface area contributed by atoms with E-state index < -0.39 is 0 Å². The first kappa shape index (κ1) is 26.4. The SMILES string of the molecule is CCC(=O)Nc1ccc2c(c1)OC[C@H](C)N(C(=O)NC(C)C)C[C@H](C)[C@@H](OC)CN(C)C2=O. The Morgan fingerprint density at radius 2 is 1.94 bits per heavy atom. The van der Waals surface area contributed by atoms with Crippen LogP contribution < -0.4 is 15.4 Å². The summed E-state index contributed by atoms with van der Waals surface area (Å²) in [5.41, 5.74) is 0.939. The van der Waals surface area contributed by atoms with Gasteiger partial charge in [-0.2, -0.15) is 0 Å². The molecule has 0 saturated heterocycles. The molecule has 0 aromatic heterocycles. The highest BCUT2D eigenvalue weighted by molar-refractivity contribution is 5.98. The van der Waals surface area contributed by atoms with Gasteiger partial charge < -0.3 is 29.9 Å². The maximum Gasteiger partial charge on any atom is 0.317 e. The number of methoxy groups -OCH3 is 1. The maximum atomic E-state index is 13.2. The van der Waals surface area contributed by atoms with Crippen LogP contribution in [-0.2, 0) is 9.53 Å². The molecule has 1 heterocycles. The predicted octanol–water partition coefficient (Wildman–Crippen LogP) is 2.96. The molecule has 0 bridgehead atoms. The fraction of sp³-hybridized carbons (Fsp3) is 0.625. The molecular weight excluding hydrogens is 424 g/mol. The van der Waals surface area contributed by atoms with Crippen molar-refractivity contribution in [3.05, 3.63) is 23.8 Å². The average molecular weight is 463 g/mol. The van der Waals surface area contributed by atoms with Gasteiger partial charge in [0, 0.05) is 57.4 Å². The Hall–Kier alpha value is -2.81. The van der Waals surface area contributed by atoms with Crippen molar-refractivity contribution in [2.24, 2.45) is 5.92 Å². The first-order valence-electron chi connectivity index (χ1n) is 11.5. The molecule has 0 fully saturated rings. The summed E-state index contributed by atoms with van der Waals surface area (Å²) >= 11 is 0. The van der Waals surface area contributed by atoms with Gasteiger partial charge in [-0.1, -0.05) is 13.8 Å². The summed E-state index contributed by atoms with van der Waals surface area (Å²) in [7, 11) is 3.34. The second kappa shape index (κ2) is 11.9. The molecular formula is C24H38N4O5. The molecule has 2 rings (SSSR count). The van der Waals surface area contributed by atoms with Crippen LogP contribution >= 0.6 is 0 Å². The maximum absolute atomic E-state index is 13.2. The molecule has 0 unspecified atom stereocenters. The average Bonchev–Trinajstić information content (AvgIpc) is 2.77. The molecule has 0 radical (unpaired) electrons. The number of amides is 4. The van der Waals surface area contributed by atoms with E-state index in [0.29, 0.717) is 36.5 Å². The number of nitrogens with one attached hydrogen (secondary N) is 2.